The molecule has 0 spiro atoms. The van der Waals surface area contributed by atoms with Crippen LogP contribution in [-0.2, 0) is 18.3 Å². The zero-order valence-electron chi connectivity index (χ0n) is 11.8. The molecule has 1 aliphatic rings. The van der Waals surface area contributed by atoms with Crippen LogP contribution in [0.1, 0.15) is 29.7 Å². The average molecular weight is 317 g/mol. The first-order chi connectivity index (χ1) is 10.3. The monoisotopic (exact) mass is 316 g/mol. The molecule has 2 nitrogen and oxygen atoms in total. The number of fused-ring (bicyclic) bond motifs is 2. The van der Waals surface area contributed by atoms with Gasteiger partial charge in [0, 0.05) is 35.5 Å². The molecule has 1 atom stereocenters. The van der Waals surface area contributed by atoms with E-state index in [1.165, 1.54) is 24.0 Å². The van der Waals surface area contributed by atoms with Crippen LogP contribution >= 0.6 is 22.9 Å². The maximum Gasteiger partial charge on any atom is 0.193 e. The minimum Gasteiger partial charge on any atom is -0.297 e. The fraction of sp³-hybridized carbons (Fsp3) is 0.353. The van der Waals surface area contributed by atoms with Crippen LogP contribution in [0.15, 0.2) is 42.0 Å². The van der Waals surface area contributed by atoms with Crippen LogP contribution in [0.3, 0.4) is 0 Å². The quantitative estimate of drug-likeness (QED) is 0.652. The predicted octanol–water partition coefficient (Wildman–Crippen LogP) is 4.45. The third-order valence-electron chi connectivity index (χ3n) is 4.61. The Morgan fingerprint density at radius 1 is 1.33 bits per heavy atom. The summed E-state index contributed by atoms with van der Waals surface area (Å²) in [5, 5.41) is 2.07. The Morgan fingerprint density at radius 2 is 2.24 bits per heavy atom. The first kappa shape index (κ1) is 13.4. The highest BCUT2D eigenvalue weighted by Gasteiger charge is 2.36. The molecule has 0 saturated carbocycles. The molecule has 1 unspecified atom stereocenters. The smallest absolute Gasteiger partial charge is 0.193 e. The highest BCUT2D eigenvalue weighted by Crippen LogP contribution is 2.40. The van der Waals surface area contributed by atoms with E-state index in [2.05, 4.69) is 46.4 Å². The van der Waals surface area contributed by atoms with Crippen LogP contribution in [0.25, 0.3) is 4.96 Å². The number of aryl methyl sites for hydroxylation is 1. The van der Waals surface area contributed by atoms with E-state index >= 15 is 0 Å². The third kappa shape index (κ3) is 2.19. The van der Waals surface area contributed by atoms with Gasteiger partial charge in [0.2, 0.25) is 0 Å². The van der Waals surface area contributed by atoms with Crippen molar-refractivity contribution < 1.29 is 0 Å². The molecule has 0 fully saturated rings. The molecular formula is C17H17ClN2S. The number of halogens is 1. The van der Waals surface area contributed by atoms with Crippen LogP contribution in [-0.4, -0.2) is 15.3 Å². The van der Waals surface area contributed by atoms with Crippen molar-refractivity contribution in [1.82, 2.24) is 9.38 Å². The summed E-state index contributed by atoms with van der Waals surface area (Å²) in [4.78, 5) is 5.82. The number of alkyl halides is 1. The summed E-state index contributed by atoms with van der Waals surface area (Å²) in [6.07, 6.45) is 8.69. The van der Waals surface area contributed by atoms with Gasteiger partial charge in [0.25, 0.3) is 0 Å². The van der Waals surface area contributed by atoms with Gasteiger partial charge in [-0.2, -0.15) is 0 Å². The van der Waals surface area contributed by atoms with Gasteiger partial charge in [-0.1, -0.05) is 24.3 Å². The molecule has 4 rings (SSSR count). The van der Waals surface area contributed by atoms with Crippen molar-refractivity contribution in [2.24, 2.45) is 0 Å². The fourth-order valence-electron chi connectivity index (χ4n) is 3.59. The molecule has 1 aromatic carbocycles. The number of nitrogens with zero attached hydrogens (tertiary/aromatic N) is 2. The van der Waals surface area contributed by atoms with Gasteiger partial charge < -0.3 is 0 Å². The normalized spacial score (nSPS) is 21.6. The van der Waals surface area contributed by atoms with Crippen molar-refractivity contribution in [3.8, 4) is 0 Å². The minimum absolute atomic E-state index is 0.0421. The highest BCUT2D eigenvalue weighted by atomic mass is 35.5. The second-order valence-corrected chi connectivity index (χ2v) is 7.07. The van der Waals surface area contributed by atoms with Gasteiger partial charge in [0.05, 0.1) is 5.69 Å². The van der Waals surface area contributed by atoms with Gasteiger partial charge in [-0.05, 0) is 30.4 Å². The van der Waals surface area contributed by atoms with Crippen LogP contribution in [0, 0.1) is 0 Å². The molecular weight excluding hydrogens is 300 g/mol. The summed E-state index contributed by atoms with van der Waals surface area (Å²) in [6.45, 7) is 0. The van der Waals surface area contributed by atoms with Crippen molar-refractivity contribution in [3.63, 3.8) is 0 Å². The summed E-state index contributed by atoms with van der Waals surface area (Å²) in [6, 6.07) is 8.78. The van der Waals surface area contributed by atoms with E-state index in [-0.39, 0.29) is 5.41 Å². The van der Waals surface area contributed by atoms with Crippen LogP contribution in [0.4, 0.5) is 0 Å². The summed E-state index contributed by atoms with van der Waals surface area (Å²) in [7, 11) is 0. The molecule has 1 aliphatic carbocycles. The van der Waals surface area contributed by atoms with E-state index in [9.17, 15) is 0 Å². The van der Waals surface area contributed by atoms with Crippen molar-refractivity contribution in [3.05, 3.63) is 58.9 Å². The Kier molecular flexibility index (Phi) is 3.27. The molecule has 0 radical (unpaired) electrons. The highest BCUT2D eigenvalue weighted by molar-refractivity contribution is 7.15. The molecule has 108 valence electrons. The number of hydrogen-bond donors (Lipinski definition) is 0. The summed E-state index contributed by atoms with van der Waals surface area (Å²) < 4.78 is 2.11. The lowest BCUT2D eigenvalue weighted by Crippen LogP contribution is -2.35. The zero-order valence-corrected chi connectivity index (χ0v) is 13.3. The van der Waals surface area contributed by atoms with E-state index in [4.69, 9.17) is 16.6 Å². The van der Waals surface area contributed by atoms with Crippen molar-refractivity contribution in [1.29, 1.82) is 0 Å². The van der Waals surface area contributed by atoms with E-state index in [1.807, 2.05) is 0 Å². The van der Waals surface area contributed by atoms with E-state index in [0.717, 1.165) is 23.5 Å². The molecule has 21 heavy (non-hydrogen) atoms. The number of imidazole rings is 1. The van der Waals surface area contributed by atoms with Gasteiger partial charge in [0.15, 0.2) is 4.96 Å². The van der Waals surface area contributed by atoms with E-state index in [1.54, 1.807) is 11.3 Å². The molecule has 0 amide bonds. The van der Waals surface area contributed by atoms with Gasteiger partial charge in [-0.25, -0.2) is 4.98 Å². The Bertz CT molecular complexity index is 747. The van der Waals surface area contributed by atoms with Gasteiger partial charge >= 0.3 is 0 Å². The first-order valence-electron chi connectivity index (χ1n) is 7.36. The van der Waals surface area contributed by atoms with E-state index in [0.29, 0.717) is 5.88 Å². The molecule has 0 N–H and O–H groups in total. The standard InChI is InChI=1S/C17H17ClN2S/c18-12-17(7-3-5-13-4-1-2-6-15(13)17)10-14-11-20-8-9-21-16(20)19-14/h1-2,4,6,8-9,11H,3,5,7,10,12H2. The van der Waals surface area contributed by atoms with Crippen molar-refractivity contribution in [2.75, 3.05) is 5.88 Å². The first-order valence-corrected chi connectivity index (χ1v) is 8.78. The molecule has 3 aromatic rings. The fourth-order valence-corrected chi connectivity index (χ4v) is 4.68. The number of thiazole rings is 1. The maximum atomic E-state index is 6.46. The maximum absolute atomic E-state index is 6.46. The Labute approximate surface area is 133 Å². The Morgan fingerprint density at radius 3 is 3.10 bits per heavy atom. The molecule has 0 aliphatic heterocycles. The second-order valence-electron chi connectivity index (χ2n) is 5.93. The van der Waals surface area contributed by atoms with Crippen LogP contribution in [0.2, 0.25) is 0 Å². The SMILES string of the molecule is ClCC1(Cc2cn3ccsc3n2)CCCc2ccccc21. The molecule has 0 bridgehead atoms. The van der Waals surface area contributed by atoms with Crippen molar-refractivity contribution in [2.45, 2.75) is 31.1 Å². The number of aromatic nitrogens is 2. The minimum atomic E-state index is 0.0421. The lowest BCUT2D eigenvalue weighted by molar-refractivity contribution is 0.393. The summed E-state index contributed by atoms with van der Waals surface area (Å²) in [5.41, 5.74) is 4.09. The third-order valence-corrected chi connectivity index (χ3v) is 5.89. The Balaban J connectivity index is 1.75. The second kappa shape index (κ2) is 5.15. The van der Waals surface area contributed by atoms with Crippen molar-refractivity contribution >= 4 is 27.9 Å². The Hall–Kier alpha value is -1.32. The van der Waals surface area contributed by atoms with Crippen LogP contribution < -0.4 is 0 Å². The molecule has 2 aromatic heterocycles. The largest absolute Gasteiger partial charge is 0.297 e. The molecule has 0 saturated heterocycles. The van der Waals surface area contributed by atoms with Gasteiger partial charge in [-0.3, -0.25) is 4.40 Å². The lowest BCUT2D eigenvalue weighted by Gasteiger charge is -2.37. The lowest BCUT2D eigenvalue weighted by atomic mass is 9.69. The topological polar surface area (TPSA) is 17.3 Å². The molecule has 4 heteroatoms. The molecule has 2 heterocycles. The van der Waals surface area contributed by atoms with Gasteiger partial charge in [-0.15, -0.1) is 22.9 Å². The summed E-state index contributed by atoms with van der Waals surface area (Å²) >= 11 is 8.14. The zero-order chi connectivity index (χ0) is 14.3. The van der Waals surface area contributed by atoms with Gasteiger partial charge in [0.1, 0.15) is 0 Å². The predicted molar refractivity (Wildman–Crippen MR) is 88.6 cm³/mol. The number of rotatable bonds is 3. The van der Waals surface area contributed by atoms with Crippen LogP contribution in [0.5, 0.6) is 0 Å². The average Bonchev–Trinajstić information content (AvgIpc) is 3.08. The summed E-state index contributed by atoms with van der Waals surface area (Å²) in [5.74, 6) is 0.662. The van der Waals surface area contributed by atoms with E-state index < -0.39 is 0 Å². The number of hydrogen-bond acceptors (Lipinski definition) is 2. The number of benzene rings is 1.